The molecular weight excluding hydrogens is 360 g/mol. The molecule has 0 saturated carbocycles. The Bertz CT molecular complexity index is 1090. The summed E-state index contributed by atoms with van der Waals surface area (Å²) in [5, 5.41) is 0.934. The van der Waals surface area contributed by atoms with Gasteiger partial charge in [0.1, 0.15) is 5.75 Å². The number of aromatic nitrogens is 3. The van der Waals surface area contributed by atoms with Gasteiger partial charge in [-0.15, -0.1) is 0 Å². The summed E-state index contributed by atoms with van der Waals surface area (Å²) < 4.78 is 5.81. The monoisotopic (exact) mass is 384 g/mol. The van der Waals surface area contributed by atoms with E-state index in [0.29, 0.717) is 17.7 Å². The molecule has 5 heteroatoms. The molecule has 0 amide bonds. The lowest BCUT2D eigenvalue weighted by Gasteiger charge is -2.20. The predicted molar refractivity (Wildman–Crippen MR) is 117 cm³/mol. The van der Waals surface area contributed by atoms with E-state index >= 15 is 0 Å². The van der Waals surface area contributed by atoms with E-state index in [0.717, 1.165) is 28.7 Å². The van der Waals surface area contributed by atoms with Crippen LogP contribution in [-0.4, -0.2) is 22.0 Å². The maximum absolute atomic E-state index is 5.81. The van der Waals surface area contributed by atoms with Crippen LogP contribution < -0.4 is 9.64 Å². The molecule has 4 aromatic rings. The lowest BCUT2D eigenvalue weighted by Crippen LogP contribution is -2.09. The third-order valence-electron chi connectivity index (χ3n) is 5.26. The Labute approximate surface area is 171 Å². The van der Waals surface area contributed by atoms with Gasteiger partial charge in [0.25, 0.3) is 0 Å². The van der Waals surface area contributed by atoms with Crippen LogP contribution in [0.2, 0.25) is 0 Å². The summed E-state index contributed by atoms with van der Waals surface area (Å²) in [6.45, 7) is 4.47. The molecule has 0 saturated heterocycles. The number of benzene rings is 2. The van der Waals surface area contributed by atoms with Crippen molar-refractivity contribution in [2.45, 2.75) is 26.2 Å². The first-order valence-electron chi connectivity index (χ1n) is 9.82. The van der Waals surface area contributed by atoms with Crippen molar-refractivity contribution in [1.82, 2.24) is 15.0 Å². The molecule has 0 aliphatic heterocycles. The minimum Gasteiger partial charge on any atom is -0.424 e. The lowest BCUT2D eigenvalue weighted by molar-refractivity contribution is 0.444. The van der Waals surface area contributed by atoms with Crippen molar-refractivity contribution in [1.29, 1.82) is 0 Å². The highest BCUT2D eigenvalue weighted by Crippen LogP contribution is 2.29. The van der Waals surface area contributed by atoms with E-state index in [-0.39, 0.29) is 0 Å². The fraction of sp³-hybridized carbons (Fsp3) is 0.208. The molecule has 2 aromatic carbocycles. The molecule has 0 unspecified atom stereocenters. The van der Waals surface area contributed by atoms with Crippen LogP contribution in [0.3, 0.4) is 0 Å². The quantitative estimate of drug-likeness (QED) is 0.402. The van der Waals surface area contributed by atoms with Crippen LogP contribution in [0.4, 0.5) is 11.4 Å². The van der Waals surface area contributed by atoms with Gasteiger partial charge in [-0.3, -0.25) is 4.98 Å². The van der Waals surface area contributed by atoms with Gasteiger partial charge in [-0.2, -0.15) is 4.98 Å². The van der Waals surface area contributed by atoms with Crippen molar-refractivity contribution < 1.29 is 4.74 Å². The van der Waals surface area contributed by atoms with Crippen molar-refractivity contribution in [3.63, 3.8) is 0 Å². The molecule has 1 atom stereocenters. The molecule has 0 aliphatic carbocycles. The molecule has 0 fully saturated rings. The summed E-state index contributed by atoms with van der Waals surface area (Å²) in [6.07, 6.45) is 6.31. The van der Waals surface area contributed by atoms with Gasteiger partial charge in [0.2, 0.25) is 0 Å². The molecular formula is C24H24N4O. The fourth-order valence-corrected chi connectivity index (χ4v) is 3.16. The van der Waals surface area contributed by atoms with Gasteiger partial charge in [0.15, 0.2) is 0 Å². The average Bonchev–Trinajstić information content (AvgIpc) is 2.78. The van der Waals surface area contributed by atoms with Crippen LogP contribution in [0.15, 0.2) is 73.2 Å². The Hall–Kier alpha value is -3.47. The van der Waals surface area contributed by atoms with Gasteiger partial charge in [0.05, 0.1) is 11.7 Å². The lowest BCUT2D eigenvalue weighted by atomic mass is 9.98. The molecule has 0 spiro atoms. The molecule has 2 aromatic heterocycles. The summed E-state index contributed by atoms with van der Waals surface area (Å²) in [6, 6.07) is 18.9. The molecule has 29 heavy (non-hydrogen) atoms. The van der Waals surface area contributed by atoms with E-state index in [4.69, 9.17) is 4.74 Å². The van der Waals surface area contributed by atoms with E-state index in [2.05, 4.69) is 65.0 Å². The molecule has 4 rings (SSSR count). The van der Waals surface area contributed by atoms with E-state index in [1.807, 2.05) is 30.3 Å². The Morgan fingerprint density at radius 3 is 2.31 bits per heavy atom. The normalized spacial score (nSPS) is 12.0. The number of hydrogen-bond acceptors (Lipinski definition) is 5. The first-order valence-corrected chi connectivity index (χ1v) is 9.82. The number of pyridine rings is 1. The zero-order chi connectivity index (χ0) is 20.2. The van der Waals surface area contributed by atoms with Crippen LogP contribution in [0.5, 0.6) is 11.8 Å². The second-order valence-corrected chi connectivity index (χ2v) is 7.14. The fourth-order valence-electron chi connectivity index (χ4n) is 3.16. The second-order valence-electron chi connectivity index (χ2n) is 7.14. The summed E-state index contributed by atoms with van der Waals surface area (Å²) in [5.74, 6) is 1.27. The van der Waals surface area contributed by atoms with E-state index in [1.54, 1.807) is 18.6 Å². The number of fused-ring (bicyclic) bond motifs is 1. The van der Waals surface area contributed by atoms with Gasteiger partial charge >= 0.3 is 6.01 Å². The van der Waals surface area contributed by atoms with Gasteiger partial charge < -0.3 is 9.64 Å². The van der Waals surface area contributed by atoms with Crippen molar-refractivity contribution in [2.24, 2.45) is 0 Å². The SMILES string of the molecule is CC[C@H](C)c1ccc(N(C)c2ccc(Oc3ncc4ccncc4n3)cc2)cc1. The third-order valence-corrected chi connectivity index (χ3v) is 5.26. The maximum Gasteiger partial charge on any atom is 0.322 e. The van der Waals surface area contributed by atoms with Crippen molar-refractivity contribution in [2.75, 3.05) is 11.9 Å². The number of ether oxygens (including phenoxy) is 1. The summed E-state index contributed by atoms with van der Waals surface area (Å²) in [4.78, 5) is 14.9. The Morgan fingerprint density at radius 2 is 1.62 bits per heavy atom. The maximum atomic E-state index is 5.81. The Morgan fingerprint density at radius 1 is 0.931 bits per heavy atom. The topological polar surface area (TPSA) is 51.1 Å². The minimum atomic E-state index is 0.312. The zero-order valence-corrected chi connectivity index (χ0v) is 16.9. The zero-order valence-electron chi connectivity index (χ0n) is 16.9. The standard InChI is InChI=1S/C24H24N4O/c1-4-17(2)18-5-7-20(8-6-18)28(3)21-9-11-22(12-10-21)29-24-26-15-19-13-14-25-16-23(19)27-24/h5-17H,4H2,1-3H3/t17-/m0/s1. The Balaban J connectivity index is 1.47. The highest BCUT2D eigenvalue weighted by atomic mass is 16.5. The predicted octanol–water partition coefficient (Wildman–Crippen LogP) is 6.10. The van der Waals surface area contributed by atoms with Crippen LogP contribution in [0.25, 0.3) is 10.9 Å². The first-order chi connectivity index (χ1) is 14.1. The molecule has 0 radical (unpaired) electrons. The molecule has 0 aliphatic rings. The van der Waals surface area contributed by atoms with E-state index < -0.39 is 0 Å². The van der Waals surface area contributed by atoms with Crippen molar-refractivity contribution >= 4 is 22.3 Å². The number of anilines is 2. The van der Waals surface area contributed by atoms with E-state index in [1.165, 1.54) is 5.56 Å². The minimum absolute atomic E-state index is 0.312. The van der Waals surface area contributed by atoms with Crippen LogP contribution in [-0.2, 0) is 0 Å². The largest absolute Gasteiger partial charge is 0.424 e. The van der Waals surface area contributed by atoms with Crippen LogP contribution >= 0.6 is 0 Å². The smallest absolute Gasteiger partial charge is 0.322 e. The number of hydrogen-bond donors (Lipinski definition) is 0. The number of nitrogens with zero attached hydrogens (tertiary/aromatic N) is 4. The Kier molecular flexibility index (Phi) is 5.38. The number of rotatable bonds is 6. The van der Waals surface area contributed by atoms with E-state index in [9.17, 15) is 0 Å². The third kappa shape index (κ3) is 4.19. The van der Waals surface area contributed by atoms with Gasteiger partial charge in [0, 0.05) is 36.2 Å². The summed E-state index contributed by atoms with van der Waals surface area (Å²) >= 11 is 0. The highest BCUT2D eigenvalue weighted by Gasteiger charge is 2.08. The molecule has 0 N–H and O–H groups in total. The van der Waals surface area contributed by atoms with Gasteiger partial charge in [-0.1, -0.05) is 26.0 Å². The molecule has 0 bridgehead atoms. The van der Waals surface area contributed by atoms with Crippen LogP contribution in [0.1, 0.15) is 31.7 Å². The van der Waals surface area contributed by atoms with Gasteiger partial charge in [-0.05, 0) is 60.4 Å². The summed E-state index contributed by atoms with van der Waals surface area (Å²) in [7, 11) is 2.06. The molecule has 2 heterocycles. The van der Waals surface area contributed by atoms with Crippen molar-refractivity contribution in [3.8, 4) is 11.8 Å². The highest BCUT2D eigenvalue weighted by molar-refractivity contribution is 5.76. The van der Waals surface area contributed by atoms with Gasteiger partial charge in [-0.25, -0.2) is 4.98 Å². The first kappa shape index (κ1) is 18.9. The molecule has 146 valence electrons. The van der Waals surface area contributed by atoms with Crippen LogP contribution in [0, 0.1) is 0 Å². The van der Waals surface area contributed by atoms with Crippen molar-refractivity contribution in [3.05, 3.63) is 78.8 Å². The summed E-state index contributed by atoms with van der Waals surface area (Å²) in [5.41, 5.74) is 4.36. The second kappa shape index (κ2) is 8.27. The average molecular weight is 384 g/mol. The molecule has 5 nitrogen and oxygen atoms in total.